The summed E-state index contributed by atoms with van der Waals surface area (Å²) in [6, 6.07) is 11.9. The molecule has 1 saturated carbocycles. The predicted octanol–water partition coefficient (Wildman–Crippen LogP) is 4.59. The van der Waals surface area contributed by atoms with Gasteiger partial charge in [-0.1, -0.05) is 23.7 Å². The van der Waals surface area contributed by atoms with Crippen LogP contribution < -0.4 is 10.1 Å². The SMILES string of the molecule is Cc1cc(N=C(NC(=O)N(C=O)CC2(C(=O)O)CC2)N(C)Cc2ccc(Cl)cc2)ccc1OC(C)C. The number of ether oxygens (including phenoxy) is 1. The maximum absolute atomic E-state index is 13.0. The third kappa shape index (κ3) is 6.97. The number of carbonyl (C=O) groups excluding carboxylic acids is 2. The molecule has 0 unspecified atom stereocenters. The molecule has 1 aliphatic rings. The number of nitrogens with one attached hydrogen (secondary N) is 1. The summed E-state index contributed by atoms with van der Waals surface area (Å²) in [5.74, 6) is -0.0893. The van der Waals surface area contributed by atoms with Gasteiger partial charge in [0.1, 0.15) is 5.75 Å². The van der Waals surface area contributed by atoms with Gasteiger partial charge in [0.2, 0.25) is 12.4 Å². The van der Waals surface area contributed by atoms with E-state index >= 15 is 0 Å². The van der Waals surface area contributed by atoms with Crippen molar-refractivity contribution in [2.75, 3.05) is 13.6 Å². The van der Waals surface area contributed by atoms with Crippen LogP contribution >= 0.6 is 11.6 Å². The summed E-state index contributed by atoms with van der Waals surface area (Å²) in [6.07, 6.45) is 1.20. The molecule has 2 N–H and O–H groups in total. The van der Waals surface area contributed by atoms with Crippen LogP contribution in [-0.4, -0.2) is 59.0 Å². The highest BCUT2D eigenvalue weighted by molar-refractivity contribution is 6.30. The zero-order valence-electron chi connectivity index (χ0n) is 20.8. The number of nitrogens with zero attached hydrogens (tertiary/aromatic N) is 3. The molecular formula is C26H31ClN4O5. The summed E-state index contributed by atoms with van der Waals surface area (Å²) >= 11 is 5.99. The maximum atomic E-state index is 13.0. The Morgan fingerprint density at radius 3 is 2.42 bits per heavy atom. The van der Waals surface area contributed by atoms with E-state index in [1.54, 1.807) is 30.1 Å². The Morgan fingerprint density at radius 1 is 1.22 bits per heavy atom. The van der Waals surface area contributed by atoms with E-state index in [1.165, 1.54) is 0 Å². The van der Waals surface area contributed by atoms with Crippen molar-refractivity contribution in [3.05, 3.63) is 58.6 Å². The number of aliphatic imine (C=N–C) groups is 1. The quantitative estimate of drug-likeness (QED) is 0.287. The molecule has 0 bridgehead atoms. The Balaban J connectivity index is 1.86. The maximum Gasteiger partial charge on any atom is 0.330 e. The average Bonchev–Trinajstić information content (AvgIpc) is 3.61. The first-order chi connectivity index (χ1) is 17.0. The number of hydrogen-bond acceptors (Lipinski definition) is 5. The molecule has 0 aromatic heterocycles. The minimum Gasteiger partial charge on any atom is -0.491 e. The van der Waals surface area contributed by atoms with Crippen LogP contribution in [0.15, 0.2) is 47.5 Å². The van der Waals surface area contributed by atoms with Crippen molar-refractivity contribution in [1.29, 1.82) is 0 Å². The smallest absolute Gasteiger partial charge is 0.330 e. The van der Waals surface area contributed by atoms with Gasteiger partial charge in [-0.05, 0) is 75.1 Å². The average molecular weight is 515 g/mol. The minimum absolute atomic E-state index is 0.0216. The fourth-order valence-corrected chi connectivity index (χ4v) is 3.73. The highest BCUT2D eigenvalue weighted by Gasteiger charge is 2.52. The van der Waals surface area contributed by atoms with Crippen LogP contribution in [-0.2, 0) is 16.1 Å². The second kappa shape index (κ2) is 11.4. The van der Waals surface area contributed by atoms with E-state index in [9.17, 15) is 19.5 Å². The molecule has 9 nitrogen and oxygen atoms in total. The number of hydrogen-bond donors (Lipinski definition) is 2. The highest BCUT2D eigenvalue weighted by Crippen LogP contribution is 2.46. The van der Waals surface area contributed by atoms with Crippen LogP contribution in [0.5, 0.6) is 5.75 Å². The van der Waals surface area contributed by atoms with Crippen LogP contribution in [0.1, 0.15) is 37.8 Å². The van der Waals surface area contributed by atoms with Gasteiger partial charge in [-0.15, -0.1) is 0 Å². The molecule has 36 heavy (non-hydrogen) atoms. The van der Waals surface area contributed by atoms with E-state index in [0.717, 1.165) is 21.8 Å². The van der Waals surface area contributed by atoms with Crippen molar-refractivity contribution in [1.82, 2.24) is 15.1 Å². The monoisotopic (exact) mass is 514 g/mol. The number of guanidine groups is 1. The number of benzene rings is 2. The van der Waals surface area contributed by atoms with Gasteiger partial charge in [-0.25, -0.2) is 9.79 Å². The molecule has 0 saturated heterocycles. The van der Waals surface area contributed by atoms with E-state index in [1.807, 2.05) is 45.0 Å². The van der Waals surface area contributed by atoms with E-state index in [-0.39, 0.29) is 18.6 Å². The van der Waals surface area contributed by atoms with E-state index < -0.39 is 17.4 Å². The molecular weight excluding hydrogens is 484 g/mol. The molecule has 3 amide bonds. The molecule has 0 aliphatic heterocycles. The van der Waals surface area contributed by atoms with Gasteiger partial charge < -0.3 is 14.7 Å². The Morgan fingerprint density at radius 2 is 1.89 bits per heavy atom. The fourth-order valence-electron chi connectivity index (χ4n) is 3.60. The van der Waals surface area contributed by atoms with Gasteiger partial charge in [0, 0.05) is 25.2 Å². The number of halogens is 1. The van der Waals surface area contributed by atoms with E-state index in [4.69, 9.17) is 16.3 Å². The number of amides is 3. The summed E-state index contributed by atoms with van der Waals surface area (Å²) in [7, 11) is 1.75. The molecule has 10 heteroatoms. The third-order valence-electron chi connectivity index (χ3n) is 5.84. The van der Waals surface area contributed by atoms with Crippen LogP contribution in [0.3, 0.4) is 0 Å². The molecule has 1 aliphatic carbocycles. The largest absolute Gasteiger partial charge is 0.491 e. The minimum atomic E-state index is -1.08. The molecule has 0 spiro atoms. The predicted molar refractivity (Wildman–Crippen MR) is 138 cm³/mol. The molecule has 192 valence electrons. The summed E-state index contributed by atoms with van der Waals surface area (Å²) in [6.45, 7) is 5.98. The lowest BCUT2D eigenvalue weighted by atomic mass is 10.1. The zero-order valence-corrected chi connectivity index (χ0v) is 21.6. The fraction of sp³-hybridized carbons (Fsp3) is 0.385. The van der Waals surface area contributed by atoms with Crippen LogP contribution in [0.2, 0.25) is 5.02 Å². The molecule has 2 aromatic rings. The van der Waals surface area contributed by atoms with Crippen molar-refractivity contribution >= 4 is 41.7 Å². The van der Waals surface area contributed by atoms with Crippen LogP contribution in [0.4, 0.5) is 10.5 Å². The van der Waals surface area contributed by atoms with Gasteiger partial charge in [-0.3, -0.25) is 19.8 Å². The molecule has 3 rings (SSSR count). The Hall–Kier alpha value is -3.59. The number of aryl methyl sites for hydroxylation is 1. The van der Waals surface area contributed by atoms with E-state index in [0.29, 0.717) is 36.5 Å². The van der Waals surface area contributed by atoms with Crippen molar-refractivity contribution in [3.63, 3.8) is 0 Å². The number of rotatable bonds is 9. The topological polar surface area (TPSA) is 112 Å². The second-order valence-electron chi connectivity index (χ2n) is 9.28. The lowest BCUT2D eigenvalue weighted by molar-refractivity contribution is -0.144. The van der Waals surface area contributed by atoms with Crippen LogP contribution in [0, 0.1) is 12.3 Å². The molecule has 0 atom stereocenters. The lowest BCUT2D eigenvalue weighted by Gasteiger charge is -2.25. The van der Waals surface area contributed by atoms with Crippen molar-refractivity contribution in [2.24, 2.45) is 10.4 Å². The van der Waals surface area contributed by atoms with Crippen molar-refractivity contribution in [3.8, 4) is 5.75 Å². The Kier molecular flexibility index (Phi) is 8.57. The summed E-state index contributed by atoms with van der Waals surface area (Å²) in [5, 5.41) is 12.7. The number of carbonyl (C=O) groups is 3. The normalized spacial score (nSPS) is 14.2. The lowest BCUT2D eigenvalue weighted by Crippen LogP contribution is -2.49. The Bertz CT molecular complexity index is 1150. The molecule has 2 aromatic carbocycles. The van der Waals surface area contributed by atoms with Gasteiger partial charge in [0.25, 0.3) is 0 Å². The second-order valence-corrected chi connectivity index (χ2v) is 9.72. The van der Waals surface area contributed by atoms with Crippen LogP contribution in [0.25, 0.3) is 0 Å². The number of carboxylic acids is 1. The summed E-state index contributed by atoms with van der Waals surface area (Å²) in [4.78, 5) is 43.4. The zero-order chi connectivity index (χ0) is 26.5. The summed E-state index contributed by atoms with van der Waals surface area (Å²) in [5.41, 5.74) is 1.30. The van der Waals surface area contributed by atoms with Gasteiger partial charge in [-0.2, -0.15) is 0 Å². The number of imide groups is 1. The Labute approximate surface area is 215 Å². The first-order valence-corrected chi connectivity index (χ1v) is 12.0. The molecule has 0 radical (unpaired) electrons. The van der Waals surface area contributed by atoms with Crippen molar-refractivity contribution < 1.29 is 24.2 Å². The van der Waals surface area contributed by atoms with Gasteiger partial charge in [0.15, 0.2) is 0 Å². The van der Waals surface area contributed by atoms with Crippen molar-refractivity contribution in [2.45, 2.75) is 46.3 Å². The highest BCUT2D eigenvalue weighted by atomic mass is 35.5. The number of urea groups is 1. The number of aliphatic carboxylic acids is 1. The summed E-state index contributed by atoms with van der Waals surface area (Å²) < 4.78 is 5.79. The standard InChI is InChI=1S/C26H31ClN4O5/c1-17(2)36-22-10-9-21(13-18(22)3)28-24(30(4)14-19-5-7-20(27)8-6-19)29-25(35)31(16-32)15-26(11-12-26)23(33)34/h5-10,13,16-17H,11-12,14-15H2,1-4H3,(H,33,34)(H,28,29,35). The van der Waals surface area contributed by atoms with Gasteiger partial charge >= 0.3 is 12.0 Å². The first-order valence-electron chi connectivity index (χ1n) is 11.6. The third-order valence-corrected chi connectivity index (χ3v) is 6.09. The molecule has 0 heterocycles. The number of carboxylic acid groups (broad SMARTS) is 1. The molecule has 1 fully saturated rings. The van der Waals surface area contributed by atoms with Gasteiger partial charge in [0.05, 0.1) is 17.2 Å². The first kappa shape index (κ1) is 27.0. The van der Waals surface area contributed by atoms with E-state index in [2.05, 4.69) is 10.3 Å².